The molecule has 2 rings (SSSR count). The Morgan fingerprint density at radius 1 is 1.35 bits per heavy atom. The molecule has 0 aliphatic rings. The van der Waals surface area contributed by atoms with Crippen LogP contribution in [0.1, 0.15) is 22.9 Å². The molecule has 2 heterocycles. The molecule has 5 heteroatoms. The summed E-state index contributed by atoms with van der Waals surface area (Å²) in [5, 5.41) is 8.28. The van der Waals surface area contributed by atoms with Crippen LogP contribution in [0.5, 0.6) is 0 Å². The summed E-state index contributed by atoms with van der Waals surface area (Å²) in [4.78, 5) is 0. The Kier molecular flexibility index (Phi) is 3.54. The van der Waals surface area contributed by atoms with Gasteiger partial charge in [-0.2, -0.15) is 5.10 Å². The number of nitrogens with one attached hydrogen (secondary N) is 1. The van der Waals surface area contributed by atoms with Crippen LogP contribution in [0.25, 0.3) is 0 Å². The van der Waals surface area contributed by atoms with Crippen LogP contribution >= 0.6 is 11.6 Å². The molecule has 0 fully saturated rings. The number of hydrogen-bond acceptors (Lipinski definition) is 3. The van der Waals surface area contributed by atoms with Crippen molar-refractivity contribution >= 4 is 11.6 Å². The first-order valence-corrected chi connectivity index (χ1v) is 5.89. The summed E-state index contributed by atoms with van der Waals surface area (Å²) in [6, 6.07) is 3.93. The molecule has 0 amide bonds. The maximum Gasteiger partial charge on any atom is 0.117 e. The smallest absolute Gasteiger partial charge is 0.117 e. The molecule has 0 spiro atoms. The van der Waals surface area contributed by atoms with E-state index >= 15 is 0 Å². The molecule has 17 heavy (non-hydrogen) atoms. The number of hydrogen-bond donors (Lipinski definition) is 1. The maximum absolute atomic E-state index is 6.15. The van der Waals surface area contributed by atoms with Crippen LogP contribution in [0, 0.1) is 13.8 Å². The number of rotatable bonds is 4. The van der Waals surface area contributed by atoms with Crippen molar-refractivity contribution in [3.05, 3.63) is 40.1 Å². The van der Waals surface area contributed by atoms with Gasteiger partial charge in [0.2, 0.25) is 0 Å². The lowest BCUT2D eigenvalue weighted by atomic mass is 10.3. The fourth-order valence-corrected chi connectivity index (χ4v) is 1.98. The van der Waals surface area contributed by atoms with E-state index in [9.17, 15) is 0 Å². The Morgan fingerprint density at radius 3 is 2.65 bits per heavy atom. The maximum atomic E-state index is 6.15. The fourth-order valence-electron chi connectivity index (χ4n) is 1.76. The molecule has 0 aliphatic carbocycles. The molecule has 0 aromatic carbocycles. The molecule has 92 valence electrons. The summed E-state index contributed by atoms with van der Waals surface area (Å²) in [6.07, 6.45) is 0. The van der Waals surface area contributed by atoms with Gasteiger partial charge in [-0.15, -0.1) is 0 Å². The lowest BCUT2D eigenvalue weighted by Crippen LogP contribution is -2.15. The Morgan fingerprint density at radius 2 is 2.12 bits per heavy atom. The Labute approximate surface area is 106 Å². The number of aryl methyl sites for hydroxylation is 3. The fraction of sp³-hybridized carbons (Fsp3) is 0.417. The lowest BCUT2D eigenvalue weighted by molar-refractivity contribution is 0.459. The molecule has 0 unspecified atom stereocenters. The molecule has 0 atom stereocenters. The third-order valence-electron chi connectivity index (χ3n) is 2.65. The van der Waals surface area contributed by atoms with E-state index in [0.717, 1.165) is 27.9 Å². The van der Waals surface area contributed by atoms with Crippen LogP contribution in [0.2, 0.25) is 5.02 Å². The molecule has 0 saturated heterocycles. The van der Waals surface area contributed by atoms with Gasteiger partial charge >= 0.3 is 0 Å². The monoisotopic (exact) mass is 253 g/mol. The second-order valence-corrected chi connectivity index (χ2v) is 4.46. The van der Waals surface area contributed by atoms with E-state index in [0.29, 0.717) is 13.1 Å². The summed E-state index contributed by atoms with van der Waals surface area (Å²) in [6.45, 7) is 5.21. The van der Waals surface area contributed by atoms with E-state index in [1.807, 2.05) is 33.0 Å². The van der Waals surface area contributed by atoms with E-state index in [1.165, 1.54) is 0 Å². The van der Waals surface area contributed by atoms with Crippen molar-refractivity contribution in [2.45, 2.75) is 26.9 Å². The van der Waals surface area contributed by atoms with Crippen molar-refractivity contribution in [1.29, 1.82) is 0 Å². The average Bonchev–Trinajstić information content (AvgIpc) is 2.78. The number of aromatic nitrogens is 2. The highest BCUT2D eigenvalue weighted by molar-refractivity contribution is 6.31. The number of furan rings is 1. The predicted molar refractivity (Wildman–Crippen MR) is 66.9 cm³/mol. The number of halogens is 1. The van der Waals surface area contributed by atoms with Gasteiger partial charge in [0.25, 0.3) is 0 Å². The molecule has 0 aliphatic heterocycles. The van der Waals surface area contributed by atoms with E-state index in [-0.39, 0.29) is 0 Å². The predicted octanol–water partition coefficient (Wildman–Crippen LogP) is 2.57. The van der Waals surface area contributed by atoms with Gasteiger partial charge in [0.15, 0.2) is 0 Å². The minimum absolute atomic E-state index is 0.677. The standard InChI is InChI=1S/C12H16ClN3O/c1-8-4-5-10(17-8)6-14-7-11-12(13)9(2)15-16(11)3/h4-5,14H,6-7H2,1-3H3. The summed E-state index contributed by atoms with van der Waals surface area (Å²) >= 11 is 6.15. The van der Waals surface area contributed by atoms with Crippen molar-refractivity contribution in [3.8, 4) is 0 Å². The Bertz CT molecular complexity index is 516. The second kappa shape index (κ2) is 4.94. The van der Waals surface area contributed by atoms with Crippen molar-refractivity contribution in [2.75, 3.05) is 0 Å². The minimum atomic E-state index is 0.677. The van der Waals surface area contributed by atoms with Gasteiger partial charge in [-0.05, 0) is 26.0 Å². The van der Waals surface area contributed by atoms with Crippen molar-refractivity contribution < 1.29 is 4.42 Å². The van der Waals surface area contributed by atoms with Gasteiger partial charge in [0.05, 0.1) is 23.0 Å². The van der Waals surface area contributed by atoms with Crippen LogP contribution < -0.4 is 5.32 Å². The van der Waals surface area contributed by atoms with Crippen molar-refractivity contribution in [3.63, 3.8) is 0 Å². The first kappa shape index (κ1) is 12.2. The second-order valence-electron chi connectivity index (χ2n) is 4.09. The van der Waals surface area contributed by atoms with Crippen LogP contribution in [0.4, 0.5) is 0 Å². The molecule has 1 N–H and O–H groups in total. The summed E-state index contributed by atoms with van der Waals surface area (Å²) in [7, 11) is 1.90. The highest BCUT2D eigenvalue weighted by Crippen LogP contribution is 2.19. The molecule has 0 radical (unpaired) electrons. The summed E-state index contributed by atoms with van der Waals surface area (Å²) in [5.74, 6) is 1.86. The Hall–Kier alpha value is -1.26. The van der Waals surface area contributed by atoms with Crippen molar-refractivity contribution in [1.82, 2.24) is 15.1 Å². The molecule has 4 nitrogen and oxygen atoms in total. The third kappa shape index (κ3) is 2.70. The number of nitrogens with zero attached hydrogens (tertiary/aromatic N) is 2. The highest BCUT2D eigenvalue weighted by Gasteiger charge is 2.10. The minimum Gasteiger partial charge on any atom is -0.465 e. The first-order chi connectivity index (χ1) is 8.08. The van der Waals surface area contributed by atoms with Gasteiger partial charge < -0.3 is 9.73 Å². The molecule has 2 aromatic rings. The summed E-state index contributed by atoms with van der Waals surface area (Å²) in [5.41, 5.74) is 1.85. The van der Waals surface area contributed by atoms with Crippen LogP contribution in [0.15, 0.2) is 16.5 Å². The highest BCUT2D eigenvalue weighted by atomic mass is 35.5. The zero-order valence-electron chi connectivity index (χ0n) is 10.2. The molecule has 0 saturated carbocycles. The van der Waals surface area contributed by atoms with Gasteiger partial charge in [-0.25, -0.2) is 0 Å². The van der Waals surface area contributed by atoms with E-state index in [4.69, 9.17) is 16.0 Å². The molecule has 0 bridgehead atoms. The normalized spacial score (nSPS) is 11.1. The first-order valence-electron chi connectivity index (χ1n) is 5.52. The van der Waals surface area contributed by atoms with E-state index in [2.05, 4.69) is 10.4 Å². The van der Waals surface area contributed by atoms with Gasteiger partial charge in [-0.3, -0.25) is 4.68 Å². The van der Waals surface area contributed by atoms with Gasteiger partial charge in [0, 0.05) is 13.6 Å². The largest absolute Gasteiger partial charge is 0.465 e. The zero-order chi connectivity index (χ0) is 12.4. The van der Waals surface area contributed by atoms with Crippen LogP contribution in [0.3, 0.4) is 0 Å². The molecular weight excluding hydrogens is 238 g/mol. The Balaban J connectivity index is 1.94. The summed E-state index contributed by atoms with van der Waals surface area (Å²) < 4.78 is 7.27. The van der Waals surface area contributed by atoms with Crippen LogP contribution in [-0.4, -0.2) is 9.78 Å². The topological polar surface area (TPSA) is 43.0 Å². The van der Waals surface area contributed by atoms with Gasteiger partial charge in [0.1, 0.15) is 11.5 Å². The van der Waals surface area contributed by atoms with Gasteiger partial charge in [-0.1, -0.05) is 11.6 Å². The quantitative estimate of drug-likeness (QED) is 0.911. The van der Waals surface area contributed by atoms with Crippen LogP contribution in [-0.2, 0) is 20.1 Å². The third-order valence-corrected chi connectivity index (χ3v) is 3.14. The molecule has 2 aromatic heterocycles. The SMILES string of the molecule is Cc1ccc(CNCc2c(Cl)c(C)nn2C)o1. The zero-order valence-corrected chi connectivity index (χ0v) is 11.0. The molecular formula is C12H16ClN3O. The average molecular weight is 254 g/mol. The lowest BCUT2D eigenvalue weighted by Gasteiger charge is -2.04. The van der Waals surface area contributed by atoms with Crippen molar-refractivity contribution in [2.24, 2.45) is 7.05 Å². The van der Waals surface area contributed by atoms with E-state index < -0.39 is 0 Å². The van der Waals surface area contributed by atoms with E-state index in [1.54, 1.807) is 4.68 Å².